The van der Waals surface area contributed by atoms with Gasteiger partial charge in [0.15, 0.2) is 6.23 Å². The van der Waals surface area contributed by atoms with Gasteiger partial charge in [0.05, 0.1) is 11.8 Å². The molecule has 1 aromatic heterocycles. The number of hydrogen-bond donors (Lipinski definition) is 2. The molecule has 2 N–H and O–H groups in total. The molecule has 0 amide bonds. The van der Waals surface area contributed by atoms with Crippen molar-refractivity contribution in [2.45, 2.75) is 31.5 Å². The Morgan fingerprint density at radius 2 is 2.17 bits per heavy atom. The fraction of sp³-hybridized carbons (Fsp3) is 0.400. The molecule has 2 heterocycles. The number of nitrogens with zero attached hydrogens (tertiary/aromatic N) is 4. The predicted octanol–water partition coefficient (Wildman–Crippen LogP) is 1.78. The molecule has 0 radical (unpaired) electrons. The maximum atomic E-state index is 10.6. The van der Waals surface area contributed by atoms with Gasteiger partial charge in [0.25, 0.3) is 0 Å². The number of para-hydroxylation sites is 1. The van der Waals surface area contributed by atoms with Crippen LogP contribution in [0.4, 0.5) is 0 Å². The van der Waals surface area contributed by atoms with E-state index in [9.17, 15) is 5.21 Å². The molecule has 122 valence electrons. The highest BCUT2D eigenvalue weighted by Crippen LogP contribution is 2.36. The van der Waals surface area contributed by atoms with Crippen molar-refractivity contribution in [3.63, 3.8) is 0 Å². The summed E-state index contributed by atoms with van der Waals surface area (Å²) in [6, 6.07) is 8.97. The Morgan fingerprint density at radius 3 is 2.83 bits per heavy atom. The fourth-order valence-corrected chi connectivity index (χ4v) is 2.91. The van der Waals surface area contributed by atoms with Gasteiger partial charge in [0.2, 0.25) is 0 Å². The lowest BCUT2D eigenvalue weighted by Gasteiger charge is -2.24. The zero-order valence-electron chi connectivity index (χ0n) is 13.0. The van der Waals surface area contributed by atoms with Crippen LogP contribution in [0.5, 0.6) is 5.75 Å². The van der Waals surface area contributed by atoms with Gasteiger partial charge in [-0.15, -0.1) is 5.06 Å². The quantitative estimate of drug-likeness (QED) is 0.644. The SMILES string of the molecule is CON=C(C)C1C(c2ncn[nH]2)CC(Oc2ccccc2)N1O. The first-order chi connectivity index (χ1) is 11.2. The van der Waals surface area contributed by atoms with Gasteiger partial charge >= 0.3 is 0 Å². The van der Waals surface area contributed by atoms with Crippen LogP contribution >= 0.6 is 0 Å². The van der Waals surface area contributed by atoms with Crippen molar-refractivity contribution < 1.29 is 14.8 Å². The molecule has 3 unspecified atom stereocenters. The van der Waals surface area contributed by atoms with Gasteiger partial charge in [0, 0.05) is 12.3 Å². The number of aromatic amines is 1. The van der Waals surface area contributed by atoms with E-state index in [1.165, 1.54) is 13.4 Å². The molecule has 0 aliphatic carbocycles. The lowest BCUT2D eigenvalue weighted by atomic mass is 9.96. The van der Waals surface area contributed by atoms with Crippen molar-refractivity contribution in [1.29, 1.82) is 0 Å². The lowest BCUT2D eigenvalue weighted by Crippen LogP contribution is -2.41. The van der Waals surface area contributed by atoms with Crippen LogP contribution in [0.25, 0.3) is 0 Å². The Labute approximate surface area is 133 Å². The van der Waals surface area contributed by atoms with Crippen LogP contribution < -0.4 is 4.74 Å². The average molecular weight is 317 g/mol. The van der Waals surface area contributed by atoms with Gasteiger partial charge in [0.1, 0.15) is 25.0 Å². The standard InChI is InChI=1S/C15H19N5O3/c1-10(19-22-2)14-12(15-16-9-17-18-15)8-13(20(14)21)23-11-6-4-3-5-7-11/h3-7,9,12-14,21H,8H2,1-2H3,(H,16,17,18). The summed E-state index contributed by atoms with van der Waals surface area (Å²) in [6.45, 7) is 1.80. The number of nitrogens with one attached hydrogen (secondary N) is 1. The zero-order valence-corrected chi connectivity index (χ0v) is 13.0. The summed E-state index contributed by atoms with van der Waals surface area (Å²) < 4.78 is 5.89. The van der Waals surface area contributed by atoms with Crippen LogP contribution in [-0.2, 0) is 4.84 Å². The average Bonchev–Trinajstić information content (AvgIpc) is 3.17. The second-order valence-corrected chi connectivity index (χ2v) is 5.34. The lowest BCUT2D eigenvalue weighted by molar-refractivity contribution is -0.172. The second-order valence-electron chi connectivity index (χ2n) is 5.34. The Kier molecular flexibility index (Phi) is 4.54. The predicted molar refractivity (Wildman–Crippen MR) is 82.1 cm³/mol. The van der Waals surface area contributed by atoms with Crippen LogP contribution in [0.3, 0.4) is 0 Å². The number of ether oxygens (including phenoxy) is 1. The van der Waals surface area contributed by atoms with E-state index in [1.54, 1.807) is 6.92 Å². The van der Waals surface area contributed by atoms with Crippen LogP contribution in [0.15, 0.2) is 41.8 Å². The number of H-pyrrole nitrogens is 1. The third-order valence-corrected chi connectivity index (χ3v) is 3.88. The van der Waals surface area contributed by atoms with Crippen LogP contribution in [0.1, 0.15) is 25.1 Å². The Bertz CT molecular complexity index is 646. The van der Waals surface area contributed by atoms with Crippen molar-refractivity contribution in [3.05, 3.63) is 42.5 Å². The van der Waals surface area contributed by atoms with Gasteiger partial charge in [-0.3, -0.25) is 5.10 Å². The van der Waals surface area contributed by atoms with E-state index in [4.69, 9.17) is 9.57 Å². The van der Waals surface area contributed by atoms with Gasteiger partial charge in [-0.1, -0.05) is 23.4 Å². The van der Waals surface area contributed by atoms with Crippen molar-refractivity contribution in [1.82, 2.24) is 20.2 Å². The molecular weight excluding hydrogens is 298 g/mol. The summed E-state index contributed by atoms with van der Waals surface area (Å²) >= 11 is 0. The summed E-state index contributed by atoms with van der Waals surface area (Å²) in [6.07, 6.45) is 1.48. The molecule has 2 aromatic rings. The summed E-state index contributed by atoms with van der Waals surface area (Å²) in [7, 11) is 1.47. The second kappa shape index (κ2) is 6.76. The van der Waals surface area contributed by atoms with Gasteiger partial charge < -0.3 is 14.8 Å². The summed E-state index contributed by atoms with van der Waals surface area (Å²) in [5, 5.41) is 22.5. The first-order valence-electron chi connectivity index (χ1n) is 7.32. The number of oxime groups is 1. The third kappa shape index (κ3) is 3.17. The first-order valence-corrected chi connectivity index (χ1v) is 7.32. The van der Waals surface area contributed by atoms with Gasteiger partial charge in [-0.25, -0.2) is 4.98 Å². The summed E-state index contributed by atoms with van der Waals surface area (Å²) in [4.78, 5) is 9.06. The van der Waals surface area contributed by atoms with E-state index < -0.39 is 12.3 Å². The van der Waals surface area contributed by atoms with Crippen molar-refractivity contribution >= 4 is 5.71 Å². The minimum absolute atomic E-state index is 0.130. The molecule has 1 saturated heterocycles. The van der Waals surface area contributed by atoms with E-state index in [2.05, 4.69) is 20.3 Å². The summed E-state index contributed by atoms with van der Waals surface area (Å²) in [5.41, 5.74) is 0.635. The van der Waals surface area contributed by atoms with Crippen LogP contribution in [0, 0.1) is 0 Å². The van der Waals surface area contributed by atoms with Crippen molar-refractivity contribution in [2.24, 2.45) is 5.16 Å². The number of hydrogen-bond acceptors (Lipinski definition) is 7. The van der Waals surface area contributed by atoms with E-state index in [-0.39, 0.29) is 5.92 Å². The van der Waals surface area contributed by atoms with Crippen molar-refractivity contribution in [3.8, 4) is 5.75 Å². The highest BCUT2D eigenvalue weighted by molar-refractivity contribution is 5.88. The third-order valence-electron chi connectivity index (χ3n) is 3.88. The van der Waals surface area contributed by atoms with Crippen molar-refractivity contribution in [2.75, 3.05) is 7.11 Å². The van der Waals surface area contributed by atoms with E-state index >= 15 is 0 Å². The Hall–Kier alpha value is -2.45. The number of benzene rings is 1. The highest BCUT2D eigenvalue weighted by Gasteiger charge is 2.46. The molecule has 3 atom stereocenters. The zero-order chi connectivity index (χ0) is 16.2. The molecule has 1 fully saturated rings. The minimum atomic E-state index is -0.514. The number of hydroxylamine groups is 2. The molecule has 23 heavy (non-hydrogen) atoms. The maximum absolute atomic E-state index is 10.6. The Balaban J connectivity index is 1.85. The molecule has 8 heteroatoms. The molecule has 1 aromatic carbocycles. The molecule has 0 saturated carbocycles. The molecular formula is C15H19N5O3. The number of rotatable bonds is 5. The maximum Gasteiger partial charge on any atom is 0.175 e. The van der Waals surface area contributed by atoms with Gasteiger partial charge in [-0.05, 0) is 19.1 Å². The van der Waals surface area contributed by atoms with E-state index in [0.29, 0.717) is 23.7 Å². The molecule has 0 bridgehead atoms. The highest BCUT2D eigenvalue weighted by atomic mass is 16.6. The molecule has 1 aliphatic rings. The monoisotopic (exact) mass is 317 g/mol. The minimum Gasteiger partial charge on any atom is -0.473 e. The molecule has 8 nitrogen and oxygen atoms in total. The smallest absolute Gasteiger partial charge is 0.175 e. The first kappa shape index (κ1) is 15.4. The molecule has 1 aliphatic heterocycles. The Morgan fingerprint density at radius 1 is 1.39 bits per heavy atom. The van der Waals surface area contributed by atoms with E-state index in [0.717, 1.165) is 5.06 Å². The van der Waals surface area contributed by atoms with Gasteiger partial charge in [-0.2, -0.15) is 5.10 Å². The number of aromatic nitrogens is 3. The topological polar surface area (TPSA) is 95.9 Å². The van der Waals surface area contributed by atoms with Crippen LogP contribution in [0.2, 0.25) is 0 Å². The molecule has 0 spiro atoms. The molecule has 3 rings (SSSR count). The van der Waals surface area contributed by atoms with E-state index in [1.807, 2.05) is 30.3 Å². The largest absolute Gasteiger partial charge is 0.473 e. The fourth-order valence-electron chi connectivity index (χ4n) is 2.91. The van der Waals surface area contributed by atoms with Crippen LogP contribution in [-0.4, -0.2) is 50.5 Å². The normalized spacial score (nSPS) is 25.5. The summed E-state index contributed by atoms with van der Waals surface area (Å²) in [5.74, 6) is 1.24.